The second-order valence-corrected chi connectivity index (χ2v) is 7.82. The minimum atomic E-state index is -6.36. The molecule has 1 saturated heterocycles. The average Bonchev–Trinajstić information content (AvgIpc) is 3.36. The molecule has 1 aromatic rings. The zero-order chi connectivity index (χ0) is 22.8. The molecule has 170 valence electrons. The highest BCUT2D eigenvalue weighted by Crippen LogP contribution is 2.47. The third kappa shape index (κ3) is 3.47. The molecule has 1 N–H and O–H groups in total. The van der Waals surface area contributed by atoms with E-state index in [-0.39, 0.29) is 19.5 Å². The number of aromatic nitrogens is 1. The Morgan fingerprint density at radius 1 is 1.19 bits per heavy atom. The lowest BCUT2D eigenvalue weighted by atomic mass is 10.1. The van der Waals surface area contributed by atoms with Gasteiger partial charge in [-0.05, 0) is 19.4 Å². The number of anilines is 1. The summed E-state index contributed by atoms with van der Waals surface area (Å²) in [7, 11) is 0. The van der Waals surface area contributed by atoms with Crippen LogP contribution in [0.25, 0.3) is 6.08 Å². The van der Waals surface area contributed by atoms with E-state index in [1.807, 2.05) is 0 Å². The number of likely N-dealkylation sites (tertiary alicyclic amines) is 1. The molecule has 0 amide bonds. The van der Waals surface area contributed by atoms with Gasteiger partial charge in [-0.2, -0.15) is 30.7 Å². The van der Waals surface area contributed by atoms with Gasteiger partial charge in [0.1, 0.15) is 11.5 Å². The molecule has 3 atom stereocenters. The Bertz CT molecular complexity index is 1020. The van der Waals surface area contributed by atoms with Crippen molar-refractivity contribution in [2.45, 2.75) is 49.7 Å². The van der Waals surface area contributed by atoms with Crippen LogP contribution in [0, 0.1) is 0 Å². The van der Waals surface area contributed by atoms with Gasteiger partial charge in [0.2, 0.25) is 0 Å². The van der Waals surface area contributed by atoms with Gasteiger partial charge in [-0.3, -0.25) is 9.89 Å². The third-order valence-electron chi connectivity index (χ3n) is 5.61. The smallest absolute Gasteiger partial charge is 0.389 e. The van der Waals surface area contributed by atoms with Crippen molar-refractivity contribution in [3.63, 3.8) is 0 Å². The number of pyridine rings is 1. The number of aliphatic hydroxyl groups is 1. The Hall–Kier alpha value is -2.28. The van der Waals surface area contributed by atoms with E-state index in [0.717, 1.165) is 4.90 Å². The predicted molar refractivity (Wildman–Crippen MR) is 94.3 cm³/mol. The number of hydrogen-bond donors (Lipinski definition) is 1. The fraction of sp³-hybridized carbons (Fsp3) is 0.611. The number of alkyl halides is 7. The van der Waals surface area contributed by atoms with Crippen molar-refractivity contribution in [2.75, 3.05) is 24.5 Å². The summed E-state index contributed by atoms with van der Waals surface area (Å²) < 4.78 is 91.6. The molecule has 4 heterocycles. The maximum absolute atomic E-state index is 13.9. The Balaban J connectivity index is 1.58. The molecule has 0 bridgehead atoms. The summed E-state index contributed by atoms with van der Waals surface area (Å²) in [5.74, 6) is -11.4. The summed E-state index contributed by atoms with van der Waals surface area (Å²) >= 11 is 0. The van der Waals surface area contributed by atoms with Crippen LogP contribution in [0.15, 0.2) is 22.4 Å². The van der Waals surface area contributed by atoms with Crippen molar-refractivity contribution < 1.29 is 35.8 Å². The van der Waals surface area contributed by atoms with Crippen LogP contribution in [0.4, 0.5) is 36.4 Å². The van der Waals surface area contributed by atoms with Gasteiger partial charge < -0.3 is 10.0 Å². The van der Waals surface area contributed by atoms with Crippen molar-refractivity contribution in [3.8, 4) is 0 Å². The first-order valence-electron chi connectivity index (χ1n) is 9.46. The summed E-state index contributed by atoms with van der Waals surface area (Å²) in [5.41, 5.74) is 1.61. The lowest BCUT2D eigenvalue weighted by Gasteiger charge is -2.35. The van der Waals surface area contributed by atoms with E-state index in [0.29, 0.717) is 22.1 Å². The Kier molecular flexibility index (Phi) is 5.04. The van der Waals surface area contributed by atoms with E-state index >= 15 is 0 Å². The van der Waals surface area contributed by atoms with Crippen LogP contribution in [-0.2, 0) is 0 Å². The van der Waals surface area contributed by atoms with Crippen molar-refractivity contribution >= 4 is 11.8 Å². The highest BCUT2D eigenvalue weighted by molar-refractivity contribution is 5.70. The van der Waals surface area contributed by atoms with E-state index in [2.05, 4.69) is 15.0 Å². The average molecular weight is 453 g/mol. The van der Waals surface area contributed by atoms with Crippen molar-refractivity contribution in [2.24, 2.45) is 9.98 Å². The van der Waals surface area contributed by atoms with Crippen molar-refractivity contribution in [1.29, 1.82) is 0 Å². The quantitative estimate of drug-likeness (QED) is 0.691. The van der Waals surface area contributed by atoms with E-state index in [1.165, 1.54) is 19.3 Å². The maximum Gasteiger partial charge on any atom is 0.459 e. The van der Waals surface area contributed by atoms with Crippen LogP contribution in [-0.4, -0.2) is 71.0 Å². The molecule has 4 rings (SSSR count). The number of halogens is 7. The molecule has 0 radical (unpaired) electrons. The molecular weight excluding hydrogens is 435 g/mol. The molecule has 3 aliphatic rings. The van der Waals surface area contributed by atoms with Gasteiger partial charge in [-0.1, -0.05) is 0 Å². The van der Waals surface area contributed by atoms with Gasteiger partial charge in [0.15, 0.2) is 5.49 Å². The molecule has 0 aromatic carbocycles. The topological polar surface area (TPSA) is 64.3 Å². The summed E-state index contributed by atoms with van der Waals surface area (Å²) in [6.07, 6.45) is -3.22. The highest BCUT2D eigenvalue weighted by atomic mass is 19.4. The van der Waals surface area contributed by atoms with Crippen LogP contribution in [0.2, 0.25) is 0 Å². The maximum atomic E-state index is 13.9. The van der Waals surface area contributed by atoms with Crippen LogP contribution < -0.4 is 15.7 Å². The van der Waals surface area contributed by atoms with Crippen LogP contribution >= 0.6 is 0 Å². The second kappa shape index (κ2) is 7.12. The molecule has 1 aromatic heterocycles. The Morgan fingerprint density at radius 2 is 1.90 bits per heavy atom. The Labute approximate surface area is 171 Å². The number of aliphatic hydroxyl groups excluding tert-OH is 1. The monoisotopic (exact) mass is 453 g/mol. The molecular formula is C18H18F7N5O. The Morgan fingerprint density at radius 3 is 2.55 bits per heavy atom. The zero-order valence-corrected chi connectivity index (χ0v) is 16.1. The lowest BCUT2D eigenvalue weighted by molar-refractivity contribution is -0.356. The SMILES string of the molecule is C[C@@H](O)C1N=c2cnc3c(c2N1[C@H]1CCN(CC(F)(F)C(F)(F)C(F)(F)F)C1)C=CN=3. The van der Waals surface area contributed by atoms with Crippen LogP contribution in [0.5, 0.6) is 0 Å². The van der Waals surface area contributed by atoms with Crippen LogP contribution in [0.1, 0.15) is 18.9 Å². The normalized spacial score (nSPS) is 24.7. The molecule has 13 heteroatoms. The number of fused-ring (bicyclic) bond motifs is 3. The van der Waals surface area contributed by atoms with Gasteiger partial charge in [-0.25, -0.2) is 9.98 Å². The fourth-order valence-corrected chi connectivity index (χ4v) is 4.15. The van der Waals surface area contributed by atoms with Gasteiger partial charge in [0.25, 0.3) is 0 Å². The van der Waals surface area contributed by atoms with Gasteiger partial charge in [0.05, 0.1) is 24.5 Å². The first-order chi connectivity index (χ1) is 14.3. The van der Waals surface area contributed by atoms with Crippen molar-refractivity contribution in [3.05, 3.63) is 28.8 Å². The molecule has 3 aliphatic heterocycles. The van der Waals surface area contributed by atoms with Gasteiger partial charge in [-0.15, -0.1) is 0 Å². The van der Waals surface area contributed by atoms with Gasteiger partial charge in [0, 0.05) is 30.9 Å². The van der Waals surface area contributed by atoms with E-state index in [4.69, 9.17) is 0 Å². The molecule has 31 heavy (non-hydrogen) atoms. The summed E-state index contributed by atoms with van der Waals surface area (Å²) in [4.78, 5) is 15.3. The second-order valence-electron chi connectivity index (χ2n) is 7.82. The lowest BCUT2D eigenvalue weighted by Crippen LogP contribution is -2.57. The molecule has 0 spiro atoms. The first-order valence-corrected chi connectivity index (χ1v) is 9.46. The molecule has 0 aliphatic carbocycles. The fourth-order valence-electron chi connectivity index (χ4n) is 4.15. The first kappa shape index (κ1) is 21.9. The van der Waals surface area contributed by atoms with Crippen LogP contribution in [0.3, 0.4) is 0 Å². The minimum absolute atomic E-state index is 0.111. The largest absolute Gasteiger partial charge is 0.459 e. The molecule has 1 unspecified atom stereocenters. The molecule has 1 fully saturated rings. The van der Waals surface area contributed by atoms with E-state index in [1.54, 1.807) is 11.0 Å². The number of hydrogen-bond acceptors (Lipinski definition) is 6. The summed E-state index contributed by atoms with van der Waals surface area (Å²) in [6, 6.07) is -0.541. The molecule has 0 saturated carbocycles. The third-order valence-corrected chi connectivity index (χ3v) is 5.61. The predicted octanol–water partition coefficient (Wildman–Crippen LogP) is 1.74. The van der Waals surface area contributed by atoms with Gasteiger partial charge >= 0.3 is 18.0 Å². The summed E-state index contributed by atoms with van der Waals surface area (Å²) in [5, 5.41) is 10.7. The van der Waals surface area contributed by atoms with E-state index in [9.17, 15) is 35.8 Å². The minimum Gasteiger partial charge on any atom is -0.389 e. The standard InChI is InChI=1S/C18H18F7N5O/c1-9(31)15-28-12-6-27-14-11(2-4-26-14)13(12)30(15)10-3-5-29(7-10)8-16(19,20)17(21,22)18(23,24)25/h2,4,6,9-10,15,31H,3,5,7-8H2,1H3/t9-,10+,15?/m1/s1. The number of nitrogens with zero attached hydrogens (tertiary/aromatic N) is 5. The summed E-state index contributed by atoms with van der Waals surface area (Å²) in [6.45, 7) is -0.553. The van der Waals surface area contributed by atoms with E-state index < -0.39 is 42.9 Å². The highest BCUT2D eigenvalue weighted by Gasteiger charge is 2.73. The number of rotatable bonds is 5. The molecule has 6 nitrogen and oxygen atoms in total. The van der Waals surface area contributed by atoms with Crippen molar-refractivity contribution in [1.82, 2.24) is 9.88 Å². The zero-order valence-electron chi connectivity index (χ0n) is 16.1.